The maximum atomic E-state index is 10.3. The molecular weight excluding hydrogens is 218 g/mol. The Hall–Kier alpha value is -1.65. The van der Waals surface area contributed by atoms with Crippen LogP contribution in [0.5, 0.6) is 0 Å². The number of nitrogens with zero attached hydrogens (tertiary/aromatic N) is 2. The maximum Gasteiger partial charge on any atom is 0.303 e. The summed E-state index contributed by atoms with van der Waals surface area (Å²) in [6, 6.07) is 0. The number of hydrogen-bond acceptors (Lipinski definition) is 4. The molecule has 0 spiro atoms. The minimum absolute atomic E-state index is 0.0435. The van der Waals surface area contributed by atoms with Crippen LogP contribution < -0.4 is 5.32 Å². The quantitative estimate of drug-likeness (QED) is 0.766. The zero-order chi connectivity index (χ0) is 12.9. The highest BCUT2D eigenvalue weighted by Crippen LogP contribution is 2.20. The van der Waals surface area contributed by atoms with Gasteiger partial charge in [-0.25, -0.2) is 9.97 Å². The summed E-state index contributed by atoms with van der Waals surface area (Å²) < 4.78 is 0. The van der Waals surface area contributed by atoms with Gasteiger partial charge in [-0.2, -0.15) is 0 Å². The van der Waals surface area contributed by atoms with Crippen LogP contribution in [0.3, 0.4) is 0 Å². The van der Waals surface area contributed by atoms with E-state index in [1.54, 1.807) is 12.4 Å². The third-order valence-corrected chi connectivity index (χ3v) is 2.37. The molecule has 1 heterocycles. The molecule has 5 nitrogen and oxygen atoms in total. The van der Waals surface area contributed by atoms with Crippen molar-refractivity contribution in [1.29, 1.82) is 0 Å². The average Bonchev–Trinajstić information content (AvgIpc) is 2.23. The molecule has 2 N–H and O–H groups in total. The molecule has 0 radical (unpaired) electrons. The number of carboxylic acid groups (broad SMARTS) is 1. The molecule has 0 amide bonds. The van der Waals surface area contributed by atoms with Gasteiger partial charge in [-0.05, 0) is 17.4 Å². The highest BCUT2D eigenvalue weighted by atomic mass is 16.4. The number of carboxylic acids is 1. The van der Waals surface area contributed by atoms with Crippen molar-refractivity contribution in [3.8, 4) is 0 Å². The first-order valence-electron chi connectivity index (χ1n) is 5.68. The van der Waals surface area contributed by atoms with Gasteiger partial charge >= 0.3 is 5.97 Å². The Bertz CT molecular complexity index is 368. The molecule has 0 aliphatic carbocycles. The van der Waals surface area contributed by atoms with Gasteiger partial charge in [-0.15, -0.1) is 0 Å². The van der Waals surface area contributed by atoms with Gasteiger partial charge in [0.2, 0.25) is 5.95 Å². The van der Waals surface area contributed by atoms with Crippen LogP contribution in [0.1, 0.15) is 39.2 Å². The van der Waals surface area contributed by atoms with E-state index >= 15 is 0 Å². The third-order valence-electron chi connectivity index (χ3n) is 2.37. The first kappa shape index (κ1) is 13.4. The summed E-state index contributed by atoms with van der Waals surface area (Å²) in [5.74, 6) is -0.237. The Balaban J connectivity index is 2.43. The zero-order valence-electron chi connectivity index (χ0n) is 10.5. The van der Waals surface area contributed by atoms with Gasteiger partial charge in [-0.1, -0.05) is 20.8 Å². The number of nitrogens with one attached hydrogen (secondary N) is 1. The van der Waals surface area contributed by atoms with Crippen molar-refractivity contribution in [2.75, 3.05) is 11.9 Å². The van der Waals surface area contributed by atoms with Gasteiger partial charge in [0.1, 0.15) is 0 Å². The third kappa shape index (κ3) is 4.80. The van der Waals surface area contributed by atoms with E-state index in [2.05, 4.69) is 36.1 Å². The molecular formula is C12H19N3O2. The Kier molecular flexibility index (Phi) is 4.43. The Morgan fingerprint density at radius 3 is 2.41 bits per heavy atom. The van der Waals surface area contributed by atoms with Crippen molar-refractivity contribution < 1.29 is 9.90 Å². The number of aliphatic carboxylic acids is 1. The van der Waals surface area contributed by atoms with Crippen LogP contribution in [0, 0.1) is 0 Å². The molecule has 94 valence electrons. The standard InChI is InChI=1S/C12H19N3O2/c1-12(2,3)9-7-14-11(15-8-9)13-6-4-5-10(16)17/h7-8H,4-6H2,1-3H3,(H,16,17)(H,13,14,15). The Labute approximate surface area is 101 Å². The van der Waals surface area contributed by atoms with Crippen LogP contribution in [0.2, 0.25) is 0 Å². The molecule has 0 saturated carbocycles. The Morgan fingerprint density at radius 2 is 1.94 bits per heavy atom. The molecule has 1 rings (SSSR count). The van der Waals surface area contributed by atoms with Crippen molar-refractivity contribution in [3.05, 3.63) is 18.0 Å². The molecule has 0 aliphatic rings. The fraction of sp³-hybridized carbons (Fsp3) is 0.583. The minimum Gasteiger partial charge on any atom is -0.481 e. The van der Waals surface area contributed by atoms with Gasteiger partial charge in [0.05, 0.1) is 0 Å². The summed E-state index contributed by atoms with van der Waals surface area (Å²) >= 11 is 0. The fourth-order valence-electron chi connectivity index (χ4n) is 1.25. The van der Waals surface area contributed by atoms with E-state index in [0.717, 1.165) is 5.56 Å². The highest BCUT2D eigenvalue weighted by molar-refractivity contribution is 5.66. The summed E-state index contributed by atoms with van der Waals surface area (Å²) in [5.41, 5.74) is 1.12. The molecule has 0 fully saturated rings. The van der Waals surface area contributed by atoms with Crippen LogP contribution in [-0.2, 0) is 10.2 Å². The van der Waals surface area contributed by atoms with Gasteiger partial charge in [0.25, 0.3) is 0 Å². The van der Waals surface area contributed by atoms with E-state index in [-0.39, 0.29) is 11.8 Å². The Morgan fingerprint density at radius 1 is 1.35 bits per heavy atom. The average molecular weight is 237 g/mol. The van der Waals surface area contributed by atoms with Crippen LogP contribution in [0.4, 0.5) is 5.95 Å². The summed E-state index contributed by atoms with van der Waals surface area (Å²) in [4.78, 5) is 18.7. The van der Waals surface area contributed by atoms with Crippen molar-refractivity contribution >= 4 is 11.9 Å². The molecule has 17 heavy (non-hydrogen) atoms. The van der Waals surface area contributed by atoms with Gasteiger partial charge in [-0.3, -0.25) is 4.79 Å². The second-order valence-electron chi connectivity index (χ2n) is 4.97. The number of aromatic nitrogens is 2. The summed E-state index contributed by atoms with van der Waals surface area (Å²) in [5, 5.41) is 11.5. The first-order chi connectivity index (χ1) is 7.89. The second-order valence-corrected chi connectivity index (χ2v) is 4.97. The van der Waals surface area contributed by atoms with E-state index < -0.39 is 5.97 Å². The lowest BCUT2D eigenvalue weighted by Gasteiger charge is -2.17. The second kappa shape index (κ2) is 5.61. The normalized spacial score (nSPS) is 11.2. The highest BCUT2D eigenvalue weighted by Gasteiger charge is 2.14. The molecule has 0 unspecified atom stereocenters. The van der Waals surface area contributed by atoms with Crippen LogP contribution in [0.15, 0.2) is 12.4 Å². The number of carbonyl (C=O) groups is 1. The minimum atomic E-state index is -0.782. The van der Waals surface area contributed by atoms with E-state index in [1.807, 2.05) is 0 Å². The van der Waals surface area contributed by atoms with Crippen molar-refractivity contribution in [2.24, 2.45) is 0 Å². The number of rotatable bonds is 5. The van der Waals surface area contributed by atoms with E-state index in [0.29, 0.717) is 18.9 Å². The fourth-order valence-corrected chi connectivity index (χ4v) is 1.25. The molecule has 0 atom stereocenters. The monoisotopic (exact) mass is 237 g/mol. The van der Waals surface area contributed by atoms with Crippen molar-refractivity contribution in [2.45, 2.75) is 39.0 Å². The van der Waals surface area contributed by atoms with Crippen molar-refractivity contribution in [1.82, 2.24) is 9.97 Å². The number of anilines is 1. The SMILES string of the molecule is CC(C)(C)c1cnc(NCCCC(=O)O)nc1. The lowest BCUT2D eigenvalue weighted by atomic mass is 9.89. The lowest BCUT2D eigenvalue weighted by molar-refractivity contribution is -0.137. The van der Waals surface area contributed by atoms with Crippen LogP contribution in [0.25, 0.3) is 0 Å². The van der Waals surface area contributed by atoms with Crippen molar-refractivity contribution in [3.63, 3.8) is 0 Å². The summed E-state index contributed by atoms with van der Waals surface area (Å²) in [7, 11) is 0. The smallest absolute Gasteiger partial charge is 0.303 e. The topological polar surface area (TPSA) is 75.1 Å². The molecule has 0 bridgehead atoms. The molecule has 0 saturated heterocycles. The zero-order valence-corrected chi connectivity index (χ0v) is 10.5. The van der Waals surface area contributed by atoms with Crippen LogP contribution in [-0.4, -0.2) is 27.6 Å². The van der Waals surface area contributed by atoms with Gasteiger partial charge < -0.3 is 10.4 Å². The lowest BCUT2D eigenvalue weighted by Crippen LogP contribution is -2.13. The van der Waals surface area contributed by atoms with E-state index in [9.17, 15) is 4.79 Å². The van der Waals surface area contributed by atoms with Gasteiger partial charge in [0, 0.05) is 25.4 Å². The number of hydrogen-bond donors (Lipinski definition) is 2. The molecule has 5 heteroatoms. The van der Waals surface area contributed by atoms with Gasteiger partial charge in [0.15, 0.2) is 0 Å². The molecule has 1 aromatic heterocycles. The first-order valence-corrected chi connectivity index (χ1v) is 5.68. The molecule has 1 aromatic rings. The largest absolute Gasteiger partial charge is 0.481 e. The summed E-state index contributed by atoms with van der Waals surface area (Å²) in [6.45, 7) is 6.88. The predicted molar refractivity (Wildman–Crippen MR) is 66.1 cm³/mol. The van der Waals surface area contributed by atoms with E-state index in [4.69, 9.17) is 5.11 Å². The van der Waals surface area contributed by atoms with Crippen LogP contribution >= 0.6 is 0 Å². The predicted octanol–water partition coefficient (Wildman–Crippen LogP) is 2.05. The van der Waals surface area contributed by atoms with E-state index in [1.165, 1.54) is 0 Å². The maximum absolute atomic E-state index is 10.3. The molecule has 0 aliphatic heterocycles. The summed E-state index contributed by atoms with van der Waals surface area (Å²) in [6.07, 6.45) is 4.33. The molecule has 0 aromatic carbocycles.